The Bertz CT molecular complexity index is 350. The molecular weight excluding hydrogens is 218 g/mol. The summed E-state index contributed by atoms with van der Waals surface area (Å²) in [6.45, 7) is 7.36. The standard InChI is InChI=1S/C12H19N3S/c1-8-9(2)14-12(15-10(8)3)16-7-11-5-4-6-13-11/h11,13H,4-7H2,1-3H3. The van der Waals surface area contributed by atoms with Crippen LogP contribution in [0.2, 0.25) is 0 Å². The van der Waals surface area contributed by atoms with Crippen molar-refractivity contribution in [2.75, 3.05) is 12.3 Å². The Morgan fingerprint density at radius 1 is 1.25 bits per heavy atom. The quantitative estimate of drug-likeness (QED) is 0.646. The van der Waals surface area contributed by atoms with Gasteiger partial charge >= 0.3 is 0 Å². The van der Waals surface area contributed by atoms with Crippen molar-refractivity contribution < 1.29 is 0 Å². The van der Waals surface area contributed by atoms with Gasteiger partial charge < -0.3 is 5.32 Å². The van der Waals surface area contributed by atoms with Crippen LogP contribution in [-0.2, 0) is 0 Å². The van der Waals surface area contributed by atoms with E-state index in [1.807, 2.05) is 0 Å². The SMILES string of the molecule is Cc1nc(SCC2CCCN2)nc(C)c1C. The van der Waals surface area contributed by atoms with Crippen molar-refractivity contribution in [2.24, 2.45) is 0 Å². The lowest BCUT2D eigenvalue weighted by molar-refractivity contribution is 0.672. The fraction of sp³-hybridized carbons (Fsp3) is 0.667. The Morgan fingerprint density at radius 2 is 1.94 bits per heavy atom. The third-order valence-corrected chi connectivity index (χ3v) is 4.20. The average Bonchev–Trinajstić information content (AvgIpc) is 2.75. The number of thioether (sulfide) groups is 1. The van der Waals surface area contributed by atoms with Gasteiger partial charge in [0, 0.05) is 23.2 Å². The van der Waals surface area contributed by atoms with Crippen LogP contribution >= 0.6 is 11.8 Å². The van der Waals surface area contributed by atoms with Gasteiger partial charge in [0.05, 0.1) is 0 Å². The molecule has 16 heavy (non-hydrogen) atoms. The van der Waals surface area contributed by atoms with Crippen LogP contribution in [0, 0.1) is 20.8 Å². The molecule has 1 aromatic heterocycles. The number of nitrogens with zero attached hydrogens (tertiary/aromatic N) is 2. The van der Waals surface area contributed by atoms with Crippen molar-refractivity contribution in [1.29, 1.82) is 0 Å². The number of hydrogen-bond acceptors (Lipinski definition) is 4. The molecule has 1 N–H and O–H groups in total. The van der Waals surface area contributed by atoms with Crippen molar-refractivity contribution in [3.05, 3.63) is 17.0 Å². The number of hydrogen-bond donors (Lipinski definition) is 1. The smallest absolute Gasteiger partial charge is 0.188 e. The maximum Gasteiger partial charge on any atom is 0.188 e. The Hall–Kier alpha value is -0.610. The predicted molar refractivity (Wildman–Crippen MR) is 68.0 cm³/mol. The lowest BCUT2D eigenvalue weighted by Gasteiger charge is -2.10. The Kier molecular flexibility index (Phi) is 3.82. The summed E-state index contributed by atoms with van der Waals surface area (Å²) < 4.78 is 0. The molecule has 1 atom stereocenters. The Labute approximate surface area is 101 Å². The number of rotatable bonds is 3. The van der Waals surface area contributed by atoms with E-state index in [1.54, 1.807) is 11.8 Å². The van der Waals surface area contributed by atoms with E-state index in [9.17, 15) is 0 Å². The number of aromatic nitrogens is 2. The molecule has 4 heteroatoms. The van der Waals surface area contributed by atoms with Gasteiger partial charge in [-0.1, -0.05) is 11.8 Å². The number of nitrogens with one attached hydrogen (secondary N) is 1. The van der Waals surface area contributed by atoms with E-state index < -0.39 is 0 Å². The summed E-state index contributed by atoms with van der Waals surface area (Å²) in [5.74, 6) is 1.09. The molecule has 0 aliphatic carbocycles. The zero-order chi connectivity index (χ0) is 11.5. The van der Waals surface area contributed by atoms with Crippen LogP contribution in [0.25, 0.3) is 0 Å². The van der Waals surface area contributed by atoms with E-state index in [0.29, 0.717) is 6.04 Å². The second kappa shape index (κ2) is 5.15. The first kappa shape index (κ1) is 11.9. The van der Waals surface area contributed by atoms with Crippen LogP contribution in [0.3, 0.4) is 0 Å². The molecule has 0 amide bonds. The highest BCUT2D eigenvalue weighted by molar-refractivity contribution is 7.99. The second-order valence-electron chi connectivity index (χ2n) is 4.41. The molecule has 1 unspecified atom stereocenters. The fourth-order valence-electron chi connectivity index (χ4n) is 1.88. The molecule has 0 aromatic carbocycles. The Balaban J connectivity index is 1.98. The first-order valence-corrected chi connectivity index (χ1v) is 6.83. The van der Waals surface area contributed by atoms with Crippen molar-refractivity contribution in [3.8, 4) is 0 Å². The van der Waals surface area contributed by atoms with E-state index in [0.717, 1.165) is 28.8 Å². The molecule has 2 rings (SSSR count). The van der Waals surface area contributed by atoms with Crippen molar-refractivity contribution in [3.63, 3.8) is 0 Å². The molecule has 1 fully saturated rings. The van der Waals surface area contributed by atoms with E-state index in [4.69, 9.17) is 0 Å². The zero-order valence-corrected chi connectivity index (χ0v) is 11.0. The summed E-state index contributed by atoms with van der Waals surface area (Å²) in [6, 6.07) is 0.649. The van der Waals surface area contributed by atoms with Gasteiger partial charge in [-0.05, 0) is 45.7 Å². The van der Waals surface area contributed by atoms with Crippen molar-refractivity contribution in [2.45, 2.75) is 44.8 Å². The normalized spacial score (nSPS) is 20.3. The minimum atomic E-state index is 0.649. The van der Waals surface area contributed by atoms with E-state index in [2.05, 4.69) is 36.1 Å². The highest BCUT2D eigenvalue weighted by atomic mass is 32.2. The van der Waals surface area contributed by atoms with E-state index >= 15 is 0 Å². The largest absolute Gasteiger partial charge is 0.313 e. The molecule has 1 saturated heterocycles. The maximum absolute atomic E-state index is 4.52. The molecule has 0 bridgehead atoms. The number of aryl methyl sites for hydroxylation is 2. The topological polar surface area (TPSA) is 37.8 Å². The summed E-state index contributed by atoms with van der Waals surface area (Å²) >= 11 is 1.77. The van der Waals surface area contributed by atoms with Crippen LogP contribution in [0.15, 0.2) is 5.16 Å². The average molecular weight is 237 g/mol. The zero-order valence-electron chi connectivity index (χ0n) is 10.2. The van der Waals surface area contributed by atoms with Crippen molar-refractivity contribution in [1.82, 2.24) is 15.3 Å². The van der Waals surface area contributed by atoms with Crippen LogP contribution in [-0.4, -0.2) is 28.3 Å². The summed E-state index contributed by atoms with van der Waals surface area (Å²) in [4.78, 5) is 9.04. The fourth-order valence-corrected chi connectivity index (χ4v) is 2.92. The summed E-state index contributed by atoms with van der Waals surface area (Å²) in [6.07, 6.45) is 2.59. The summed E-state index contributed by atoms with van der Waals surface area (Å²) in [5, 5.41) is 4.42. The summed E-state index contributed by atoms with van der Waals surface area (Å²) in [5.41, 5.74) is 3.42. The lowest BCUT2D eigenvalue weighted by atomic mass is 10.2. The minimum absolute atomic E-state index is 0.649. The molecule has 1 aromatic rings. The summed E-state index contributed by atoms with van der Waals surface area (Å²) in [7, 11) is 0. The Morgan fingerprint density at radius 3 is 2.50 bits per heavy atom. The van der Waals surface area contributed by atoms with Gasteiger partial charge in [0.15, 0.2) is 5.16 Å². The lowest BCUT2D eigenvalue weighted by Crippen LogP contribution is -2.23. The van der Waals surface area contributed by atoms with Gasteiger partial charge in [-0.25, -0.2) is 9.97 Å². The molecular formula is C12H19N3S. The van der Waals surface area contributed by atoms with Gasteiger partial charge in [0.25, 0.3) is 0 Å². The molecule has 88 valence electrons. The first-order valence-electron chi connectivity index (χ1n) is 5.85. The van der Waals surface area contributed by atoms with Gasteiger partial charge in [0.2, 0.25) is 0 Å². The highest BCUT2D eigenvalue weighted by Gasteiger charge is 2.15. The molecule has 1 aliphatic rings. The monoisotopic (exact) mass is 237 g/mol. The van der Waals surface area contributed by atoms with Crippen LogP contribution in [0.4, 0.5) is 0 Å². The predicted octanol–water partition coefficient (Wildman–Crippen LogP) is 2.25. The molecule has 0 radical (unpaired) electrons. The highest BCUT2D eigenvalue weighted by Crippen LogP contribution is 2.20. The molecule has 0 saturated carbocycles. The van der Waals surface area contributed by atoms with Crippen LogP contribution < -0.4 is 5.32 Å². The second-order valence-corrected chi connectivity index (χ2v) is 5.39. The maximum atomic E-state index is 4.52. The first-order chi connectivity index (χ1) is 7.66. The van der Waals surface area contributed by atoms with E-state index in [1.165, 1.54) is 18.4 Å². The molecule has 1 aliphatic heterocycles. The third-order valence-electron chi connectivity index (χ3n) is 3.19. The van der Waals surface area contributed by atoms with E-state index in [-0.39, 0.29) is 0 Å². The van der Waals surface area contributed by atoms with Gasteiger partial charge in [0.1, 0.15) is 0 Å². The van der Waals surface area contributed by atoms with Gasteiger partial charge in [-0.15, -0.1) is 0 Å². The third kappa shape index (κ3) is 2.74. The van der Waals surface area contributed by atoms with Gasteiger partial charge in [-0.3, -0.25) is 0 Å². The van der Waals surface area contributed by atoms with Crippen LogP contribution in [0.5, 0.6) is 0 Å². The molecule has 2 heterocycles. The molecule has 3 nitrogen and oxygen atoms in total. The molecule has 0 spiro atoms. The van der Waals surface area contributed by atoms with Gasteiger partial charge in [-0.2, -0.15) is 0 Å². The minimum Gasteiger partial charge on any atom is -0.313 e. The van der Waals surface area contributed by atoms with Crippen molar-refractivity contribution >= 4 is 11.8 Å². The van der Waals surface area contributed by atoms with Crippen LogP contribution in [0.1, 0.15) is 29.8 Å².